The van der Waals surface area contributed by atoms with Crippen LogP contribution >= 0.6 is 23.4 Å². The Morgan fingerprint density at radius 2 is 2.00 bits per heavy atom. The second-order valence-corrected chi connectivity index (χ2v) is 5.64. The highest BCUT2D eigenvalue weighted by Gasteiger charge is 2.22. The quantitative estimate of drug-likeness (QED) is 0.777. The van der Waals surface area contributed by atoms with Gasteiger partial charge in [-0.1, -0.05) is 0 Å². The van der Waals surface area contributed by atoms with Crippen LogP contribution in [-0.4, -0.2) is 35.0 Å². The van der Waals surface area contributed by atoms with Crippen LogP contribution in [-0.2, 0) is 9.53 Å². The van der Waals surface area contributed by atoms with Crippen LogP contribution in [0, 0.1) is 0 Å². The molecule has 0 aliphatic heterocycles. The predicted molar refractivity (Wildman–Crippen MR) is 67.0 cm³/mol. The Hall–Kier alpha value is -0.420. The van der Waals surface area contributed by atoms with Crippen molar-refractivity contribution in [3.63, 3.8) is 0 Å². The smallest absolute Gasteiger partial charge is 0.408 e. The zero-order valence-corrected chi connectivity index (χ0v) is 11.6. The molecule has 6 heteroatoms. The number of thioether (sulfide) groups is 1. The third-order valence-corrected chi connectivity index (χ3v) is 2.48. The minimum absolute atomic E-state index is 0.503. The maximum Gasteiger partial charge on any atom is 0.408 e. The number of hydrogen-bond donors (Lipinski definition) is 1. The van der Waals surface area contributed by atoms with Crippen molar-refractivity contribution in [2.75, 3.05) is 12.0 Å². The first-order chi connectivity index (χ1) is 7.26. The number of carbonyl (C=O) groups is 2. The van der Waals surface area contributed by atoms with Gasteiger partial charge in [0.1, 0.15) is 11.6 Å². The molecule has 1 amide bonds. The first-order valence-electron chi connectivity index (χ1n) is 4.94. The first kappa shape index (κ1) is 15.6. The topological polar surface area (TPSA) is 55.4 Å². The van der Waals surface area contributed by atoms with E-state index in [-0.39, 0.29) is 0 Å². The molecule has 0 heterocycles. The summed E-state index contributed by atoms with van der Waals surface area (Å²) in [6.07, 6.45) is 1.80. The van der Waals surface area contributed by atoms with Crippen molar-refractivity contribution in [3.8, 4) is 0 Å². The summed E-state index contributed by atoms with van der Waals surface area (Å²) in [4.78, 5) is 22.4. The van der Waals surface area contributed by atoms with Crippen molar-refractivity contribution in [1.82, 2.24) is 5.32 Å². The van der Waals surface area contributed by atoms with Gasteiger partial charge in [0, 0.05) is 0 Å². The van der Waals surface area contributed by atoms with E-state index in [2.05, 4.69) is 5.32 Å². The molecule has 4 nitrogen and oxygen atoms in total. The Morgan fingerprint density at radius 1 is 1.44 bits per heavy atom. The zero-order valence-electron chi connectivity index (χ0n) is 10.0. The third kappa shape index (κ3) is 7.82. The Balaban J connectivity index is 4.19. The lowest BCUT2D eigenvalue weighted by Gasteiger charge is -2.22. The van der Waals surface area contributed by atoms with Crippen molar-refractivity contribution in [2.24, 2.45) is 0 Å². The van der Waals surface area contributed by atoms with Crippen LogP contribution in [0.1, 0.15) is 27.2 Å². The summed E-state index contributed by atoms with van der Waals surface area (Å²) in [5.74, 6) is 0.749. The molecule has 0 saturated heterocycles. The molecule has 1 atom stereocenters. The van der Waals surface area contributed by atoms with Gasteiger partial charge in [-0.25, -0.2) is 4.79 Å². The molecule has 0 spiro atoms. The average molecular weight is 268 g/mol. The molecule has 0 fully saturated rings. The van der Waals surface area contributed by atoms with Crippen LogP contribution in [0.4, 0.5) is 4.79 Å². The molecule has 0 aromatic carbocycles. The van der Waals surface area contributed by atoms with E-state index in [0.29, 0.717) is 6.42 Å². The Kier molecular flexibility index (Phi) is 6.83. The second kappa shape index (κ2) is 7.01. The van der Waals surface area contributed by atoms with Gasteiger partial charge in [0.05, 0.1) is 0 Å². The highest BCUT2D eigenvalue weighted by atomic mass is 35.5. The molecule has 16 heavy (non-hydrogen) atoms. The van der Waals surface area contributed by atoms with Crippen LogP contribution in [0.5, 0.6) is 0 Å². The van der Waals surface area contributed by atoms with E-state index in [1.165, 1.54) is 0 Å². The maximum absolute atomic E-state index is 11.4. The van der Waals surface area contributed by atoms with Gasteiger partial charge in [-0.05, 0) is 50.8 Å². The van der Waals surface area contributed by atoms with Crippen molar-refractivity contribution in [1.29, 1.82) is 0 Å². The molecule has 1 N–H and O–H groups in total. The zero-order chi connectivity index (χ0) is 12.8. The molecule has 94 valence electrons. The molecule has 0 rings (SSSR count). The van der Waals surface area contributed by atoms with Gasteiger partial charge in [-0.15, -0.1) is 0 Å². The molecular weight excluding hydrogens is 250 g/mol. The van der Waals surface area contributed by atoms with Gasteiger partial charge < -0.3 is 10.1 Å². The minimum Gasteiger partial charge on any atom is -0.444 e. The highest BCUT2D eigenvalue weighted by molar-refractivity contribution is 7.98. The second-order valence-electron chi connectivity index (χ2n) is 4.28. The average Bonchev–Trinajstić information content (AvgIpc) is 2.08. The van der Waals surface area contributed by atoms with Crippen LogP contribution in [0.25, 0.3) is 0 Å². The summed E-state index contributed by atoms with van der Waals surface area (Å²) in [6.45, 7) is 5.27. The summed E-state index contributed by atoms with van der Waals surface area (Å²) in [5.41, 5.74) is -0.580. The number of carbonyl (C=O) groups excluding carboxylic acids is 2. The van der Waals surface area contributed by atoms with E-state index in [9.17, 15) is 9.59 Å². The monoisotopic (exact) mass is 267 g/mol. The van der Waals surface area contributed by atoms with Crippen molar-refractivity contribution >= 4 is 34.7 Å². The molecule has 0 bridgehead atoms. The molecule has 0 aromatic heterocycles. The van der Waals surface area contributed by atoms with Crippen molar-refractivity contribution in [2.45, 2.75) is 38.8 Å². The number of hydrogen-bond acceptors (Lipinski definition) is 4. The standard InChI is InChI=1S/C10H18ClNO3S/c1-10(2,3)15-9(14)12-7(8(11)13)5-6-16-4/h7H,5-6H2,1-4H3,(H,12,14). The molecule has 0 radical (unpaired) electrons. The fourth-order valence-electron chi connectivity index (χ4n) is 0.928. The largest absolute Gasteiger partial charge is 0.444 e. The number of amides is 1. The normalized spacial score (nSPS) is 13.1. The molecule has 0 aliphatic carbocycles. The SMILES string of the molecule is CSCCC(NC(=O)OC(C)(C)C)C(=O)Cl. The molecule has 0 aliphatic rings. The van der Waals surface area contributed by atoms with E-state index in [4.69, 9.17) is 16.3 Å². The Morgan fingerprint density at radius 3 is 2.38 bits per heavy atom. The number of ether oxygens (including phenoxy) is 1. The summed E-state index contributed by atoms with van der Waals surface area (Å²) in [6, 6.07) is -0.677. The van der Waals surface area contributed by atoms with E-state index in [1.54, 1.807) is 32.5 Å². The third-order valence-electron chi connectivity index (χ3n) is 1.58. The van der Waals surface area contributed by atoms with Crippen LogP contribution in [0.15, 0.2) is 0 Å². The van der Waals surface area contributed by atoms with Gasteiger partial charge in [0.15, 0.2) is 0 Å². The molecule has 0 saturated carbocycles. The summed E-state index contributed by atoms with van der Waals surface area (Å²) >= 11 is 6.96. The van der Waals surface area contributed by atoms with Crippen molar-refractivity contribution < 1.29 is 14.3 Å². The Labute approximate surface area is 105 Å². The van der Waals surface area contributed by atoms with Gasteiger partial charge in [0.2, 0.25) is 5.24 Å². The van der Waals surface area contributed by atoms with E-state index >= 15 is 0 Å². The molecule has 0 aromatic rings. The fraction of sp³-hybridized carbons (Fsp3) is 0.800. The lowest BCUT2D eigenvalue weighted by Crippen LogP contribution is -2.42. The predicted octanol–water partition coefficient (Wildman–Crippen LogP) is 2.40. The van der Waals surface area contributed by atoms with E-state index in [0.717, 1.165) is 5.75 Å². The summed E-state index contributed by atoms with van der Waals surface area (Å²) in [5, 5.41) is 1.88. The maximum atomic E-state index is 11.4. The number of alkyl carbamates (subject to hydrolysis) is 1. The number of nitrogens with one attached hydrogen (secondary N) is 1. The van der Waals surface area contributed by atoms with Crippen LogP contribution in [0.3, 0.4) is 0 Å². The lowest BCUT2D eigenvalue weighted by atomic mass is 10.2. The fourth-order valence-corrected chi connectivity index (χ4v) is 1.56. The van der Waals surface area contributed by atoms with Gasteiger partial charge in [-0.3, -0.25) is 4.79 Å². The minimum atomic E-state index is -0.677. The van der Waals surface area contributed by atoms with Gasteiger partial charge in [0.25, 0.3) is 0 Å². The van der Waals surface area contributed by atoms with Gasteiger partial charge >= 0.3 is 6.09 Å². The first-order valence-corrected chi connectivity index (χ1v) is 6.71. The van der Waals surface area contributed by atoms with Crippen LogP contribution < -0.4 is 5.32 Å². The lowest BCUT2D eigenvalue weighted by molar-refractivity contribution is -0.113. The van der Waals surface area contributed by atoms with Gasteiger partial charge in [-0.2, -0.15) is 11.8 Å². The van der Waals surface area contributed by atoms with Crippen LogP contribution in [0.2, 0.25) is 0 Å². The molecular formula is C10H18ClNO3S. The number of rotatable bonds is 5. The number of halogens is 1. The van der Waals surface area contributed by atoms with E-state index in [1.807, 2.05) is 6.26 Å². The summed E-state index contributed by atoms with van der Waals surface area (Å²) in [7, 11) is 0. The van der Waals surface area contributed by atoms with Crippen molar-refractivity contribution in [3.05, 3.63) is 0 Å². The molecule has 1 unspecified atom stereocenters. The highest BCUT2D eigenvalue weighted by Crippen LogP contribution is 2.09. The summed E-state index contributed by atoms with van der Waals surface area (Å²) < 4.78 is 5.03. The Bertz CT molecular complexity index is 253. The van der Waals surface area contributed by atoms with E-state index < -0.39 is 23.0 Å².